The number of likely N-dealkylation sites (tertiary alicyclic amines) is 1. The minimum absolute atomic E-state index is 0.106. The van der Waals surface area contributed by atoms with Crippen molar-refractivity contribution in [1.29, 1.82) is 0 Å². The van der Waals surface area contributed by atoms with E-state index in [-0.39, 0.29) is 23.6 Å². The molecule has 1 N–H and O–H groups in total. The Bertz CT molecular complexity index is 703. The van der Waals surface area contributed by atoms with Crippen LogP contribution in [0.4, 0.5) is 18.0 Å². The largest absolute Gasteiger partial charge is 0.460 e. The highest BCUT2D eigenvalue weighted by molar-refractivity contribution is 7.13. The van der Waals surface area contributed by atoms with Crippen molar-refractivity contribution in [3.8, 4) is 5.19 Å². The van der Waals surface area contributed by atoms with Gasteiger partial charge < -0.3 is 19.7 Å². The Balaban J connectivity index is 1.84. The molecule has 28 heavy (non-hydrogen) atoms. The SMILES string of the molecule is C[C@@H](NC(=O)[C@@H]1CCN(C(=O)OC(C)(C)C)C1)c1cnc(OCC(F)(F)F)s1. The topological polar surface area (TPSA) is 80.8 Å². The van der Waals surface area contributed by atoms with Crippen LogP contribution in [0.3, 0.4) is 0 Å². The van der Waals surface area contributed by atoms with Crippen LogP contribution in [0.25, 0.3) is 0 Å². The van der Waals surface area contributed by atoms with Crippen LogP contribution >= 0.6 is 11.3 Å². The summed E-state index contributed by atoms with van der Waals surface area (Å²) in [6.07, 6.45) is -3.00. The molecule has 0 radical (unpaired) electrons. The van der Waals surface area contributed by atoms with E-state index >= 15 is 0 Å². The van der Waals surface area contributed by atoms with E-state index in [1.807, 2.05) is 0 Å². The van der Waals surface area contributed by atoms with E-state index in [9.17, 15) is 22.8 Å². The number of carbonyl (C=O) groups excluding carboxylic acids is 2. The van der Waals surface area contributed by atoms with Crippen LogP contribution < -0.4 is 10.1 Å². The highest BCUT2D eigenvalue weighted by Crippen LogP contribution is 2.28. The quantitative estimate of drug-likeness (QED) is 0.784. The van der Waals surface area contributed by atoms with Gasteiger partial charge in [-0.25, -0.2) is 9.78 Å². The van der Waals surface area contributed by atoms with E-state index in [4.69, 9.17) is 4.74 Å². The number of hydrogen-bond donors (Lipinski definition) is 1. The fourth-order valence-electron chi connectivity index (χ4n) is 2.55. The molecule has 1 aromatic rings. The Morgan fingerprint density at radius 3 is 2.68 bits per heavy atom. The molecular weight excluding hydrogens is 399 g/mol. The highest BCUT2D eigenvalue weighted by atomic mass is 32.1. The number of amides is 2. The van der Waals surface area contributed by atoms with Gasteiger partial charge in [0.05, 0.1) is 16.8 Å². The summed E-state index contributed by atoms with van der Waals surface area (Å²) in [7, 11) is 0. The molecule has 0 saturated carbocycles. The molecular formula is C17H24F3N3O4S. The predicted octanol–water partition coefficient (Wildman–Crippen LogP) is 3.52. The summed E-state index contributed by atoms with van der Waals surface area (Å²) in [4.78, 5) is 30.4. The first kappa shape index (κ1) is 22.3. The number of rotatable bonds is 5. The third-order valence-electron chi connectivity index (χ3n) is 3.86. The van der Waals surface area contributed by atoms with E-state index in [1.54, 1.807) is 27.7 Å². The zero-order valence-corrected chi connectivity index (χ0v) is 16.9. The first-order chi connectivity index (χ1) is 12.8. The smallest absolute Gasteiger partial charge is 0.422 e. The molecule has 7 nitrogen and oxygen atoms in total. The van der Waals surface area contributed by atoms with Gasteiger partial charge in [-0.3, -0.25) is 4.79 Å². The van der Waals surface area contributed by atoms with Crippen molar-refractivity contribution in [2.24, 2.45) is 5.92 Å². The van der Waals surface area contributed by atoms with Crippen LogP contribution in [0.5, 0.6) is 5.19 Å². The number of nitrogens with zero attached hydrogens (tertiary/aromatic N) is 2. The van der Waals surface area contributed by atoms with Gasteiger partial charge in [0.1, 0.15) is 5.60 Å². The highest BCUT2D eigenvalue weighted by Gasteiger charge is 2.34. The van der Waals surface area contributed by atoms with E-state index in [0.29, 0.717) is 17.8 Å². The van der Waals surface area contributed by atoms with E-state index in [1.165, 1.54) is 11.1 Å². The zero-order valence-electron chi connectivity index (χ0n) is 16.1. The molecule has 158 valence electrons. The lowest BCUT2D eigenvalue weighted by Crippen LogP contribution is -2.38. The van der Waals surface area contributed by atoms with Crippen molar-refractivity contribution in [3.63, 3.8) is 0 Å². The Labute approximate surface area is 165 Å². The number of thiazole rings is 1. The zero-order chi connectivity index (χ0) is 21.1. The normalized spacial score (nSPS) is 18.7. The number of alkyl halides is 3. The maximum Gasteiger partial charge on any atom is 0.422 e. The predicted molar refractivity (Wildman–Crippen MR) is 96.1 cm³/mol. The number of hydrogen-bond acceptors (Lipinski definition) is 6. The number of aromatic nitrogens is 1. The maximum atomic E-state index is 12.5. The fourth-order valence-corrected chi connectivity index (χ4v) is 3.32. The van der Waals surface area contributed by atoms with Crippen LogP contribution in [-0.2, 0) is 9.53 Å². The first-order valence-corrected chi connectivity index (χ1v) is 9.59. The minimum atomic E-state index is -4.44. The molecule has 0 bridgehead atoms. The molecule has 2 rings (SSSR count). The average Bonchev–Trinajstić information content (AvgIpc) is 3.20. The monoisotopic (exact) mass is 423 g/mol. The Hall–Kier alpha value is -2.04. The summed E-state index contributed by atoms with van der Waals surface area (Å²) >= 11 is 0.945. The van der Waals surface area contributed by atoms with Crippen molar-refractivity contribution in [2.45, 2.75) is 51.9 Å². The van der Waals surface area contributed by atoms with Crippen LogP contribution in [-0.4, -0.2) is 53.4 Å². The van der Waals surface area contributed by atoms with Crippen molar-refractivity contribution in [1.82, 2.24) is 15.2 Å². The Kier molecular flexibility index (Phi) is 6.79. The van der Waals surface area contributed by atoms with Gasteiger partial charge in [-0.05, 0) is 34.1 Å². The molecule has 2 heterocycles. The van der Waals surface area contributed by atoms with Gasteiger partial charge in [-0.1, -0.05) is 11.3 Å². The standard InChI is InChI=1S/C17H24F3N3O4S/c1-10(12-7-21-14(28-12)26-9-17(18,19)20)22-13(24)11-5-6-23(8-11)15(25)27-16(2,3)4/h7,10-11H,5-6,8-9H2,1-4H3,(H,22,24)/t10-,11-/m1/s1. The lowest BCUT2D eigenvalue weighted by atomic mass is 10.1. The molecule has 1 aromatic heterocycles. The lowest BCUT2D eigenvalue weighted by Gasteiger charge is -2.24. The van der Waals surface area contributed by atoms with Gasteiger partial charge in [0.2, 0.25) is 5.91 Å². The second-order valence-corrected chi connectivity index (χ2v) is 8.60. The van der Waals surface area contributed by atoms with Crippen LogP contribution in [0.1, 0.15) is 45.0 Å². The summed E-state index contributed by atoms with van der Waals surface area (Å²) in [6, 6.07) is -0.441. The minimum Gasteiger partial charge on any atom is -0.460 e. The molecule has 1 aliphatic rings. The summed E-state index contributed by atoms with van der Waals surface area (Å²) in [6.45, 7) is 6.30. The first-order valence-electron chi connectivity index (χ1n) is 8.77. The molecule has 1 aliphatic heterocycles. The molecule has 2 atom stereocenters. The third kappa shape index (κ3) is 6.84. The molecule has 0 unspecified atom stereocenters. The van der Waals surface area contributed by atoms with Gasteiger partial charge in [-0.15, -0.1) is 0 Å². The van der Waals surface area contributed by atoms with Gasteiger partial charge in [0.15, 0.2) is 6.61 Å². The van der Waals surface area contributed by atoms with Crippen molar-refractivity contribution in [2.75, 3.05) is 19.7 Å². The van der Waals surface area contributed by atoms with E-state index in [2.05, 4.69) is 15.0 Å². The van der Waals surface area contributed by atoms with E-state index in [0.717, 1.165) is 11.3 Å². The van der Waals surface area contributed by atoms with Gasteiger partial charge >= 0.3 is 12.3 Å². The van der Waals surface area contributed by atoms with Crippen molar-refractivity contribution < 1.29 is 32.2 Å². The molecule has 1 saturated heterocycles. The maximum absolute atomic E-state index is 12.5. The van der Waals surface area contributed by atoms with Crippen LogP contribution in [0, 0.1) is 5.92 Å². The Morgan fingerprint density at radius 2 is 2.07 bits per heavy atom. The number of carbonyl (C=O) groups is 2. The molecule has 1 fully saturated rings. The fraction of sp³-hybridized carbons (Fsp3) is 0.706. The lowest BCUT2D eigenvalue weighted by molar-refractivity contribution is -0.153. The summed E-state index contributed by atoms with van der Waals surface area (Å²) in [5.74, 6) is -0.603. The van der Waals surface area contributed by atoms with Crippen molar-refractivity contribution in [3.05, 3.63) is 11.1 Å². The van der Waals surface area contributed by atoms with Gasteiger partial charge in [0.25, 0.3) is 5.19 Å². The summed E-state index contributed by atoms with van der Waals surface area (Å²) < 4.78 is 46.5. The molecule has 0 aromatic carbocycles. The van der Waals surface area contributed by atoms with Gasteiger partial charge in [0, 0.05) is 19.3 Å². The molecule has 0 spiro atoms. The Morgan fingerprint density at radius 1 is 1.39 bits per heavy atom. The summed E-state index contributed by atoms with van der Waals surface area (Å²) in [5, 5.41) is 2.70. The van der Waals surface area contributed by atoms with E-state index < -0.39 is 30.5 Å². The average molecular weight is 423 g/mol. The number of nitrogens with one attached hydrogen (secondary N) is 1. The second kappa shape index (κ2) is 8.54. The number of halogens is 3. The number of ether oxygens (including phenoxy) is 2. The summed E-state index contributed by atoms with van der Waals surface area (Å²) in [5.41, 5.74) is -0.607. The van der Waals surface area contributed by atoms with Gasteiger partial charge in [-0.2, -0.15) is 13.2 Å². The van der Waals surface area contributed by atoms with Crippen molar-refractivity contribution >= 4 is 23.3 Å². The van der Waals surface area contributed by atoms with Crippen LogP contribution in [0.15, 0.2) is 6.20 Å². The molecule has 0 aliphatic carbocycles. The molecule has 11 heteroatoms. The molecule has 2 amide bonds. The second-order valence-electron chi connectivity index (χ2n) is 7.57. The third-order valence-corrected chi connectivity index (χ3v) is 4.95. The van der Waals surface area contributed by atoms with Crippen LogP contribution in [0.2, 0.25) is 0 Å².